The van der Waals surface area contributed by atoms with Crippen LogP contribution < -0.4 is 15.4 Å². The zero-order valence-electron chi connectivity index (χ0n) is 19.8. The van der Waals surface area contributed by atoms with Crippen molar-refractivity contribution in [3.63, 3.8) is 0 Å². The molecule has 2 aromatic carbocycles. The molecule has 0 bridgehead atoms. The summed E-state index contributed by atoms with van der Waals surface area (Å²) < 4.78 is 16.9. The molecule has 4 rings (SSSR count). The highest BCUT2D eigenvalue weighted by Crippen LogP contribution is 2.35. The lowest BCUT2D eigenvalue weighted by Gasteiger charge is -2.38. The molecule has 3 aromatic rings. The lowest BCUT2D eigenvalue weighted by atomic mass is 9.74. The highest BCUT2D eigenvalue weighted by molar-refractivity contribution is 14.0. The number of guanidine groups is 1. The van der Waals surface area contributed by atoms with E-state index in [2.05, 4.69) is 44.9 Å². The molecule has 1 aliphatic heterocycles. The van der Waals surface area contributed by atoms with Crippen molar-refractivity contribution >= 4 is 29.9 Å². The Morgan fingerprint density at radius 3 is 2.47 bits per heavy atom. The lowest BCUT2D eigenvalue weighted by Crippen LogP contribution is -2.47. The van der Waals surface area contributed by atoms with Gasteiger partial charge in [-0.2, -0.15) is 0 Å². The van der Waals surface area contributed by atoms with Crippen molar-refractivity contribution in [2.45, 2.75) is 31.7 Å². The number of nitrogens with zero attached hydrogens (tertiary/aromatic N) is 2. The van der Waals surface area contributed by atoms with Gasteiger partial charge in [0.2, 0.25) is 5.89 Å². The van der Waals surface area contributed by atoms with Crippen molar-refractivity contribution in [1.82, 2.24) is 15.6 Å². The summed E-state index contributed by atoms with van der Waals surface area (Å²) in [5, 5.41) is 6.87. The van der Waals surface area contributed by atoms with Crippen LogP contribution in [0.4, 0.5) is 0 Å². The largest absolute Gasteiger partial charge is 0.494 e. The molecule has 2 heterocycles. The molecule has 0 aliphatic carbocycles. The number of nitrogens with one attached hydrogen (secondary N) is 2. The van der Waals surface area contributed by atoms with E-state index in [1.807, 2.05) is 37.3 Å². The number of aliphatic imine (C=N–C) groups is 1. The average molecular weight is 576 g/mol. The van der Waals surface area contributed by atoms with E-state index in [1.165, 1.54) is 5.56 Å². The van der Waals surface area contributed by atoms with Gasteiger partial charge in [0.25, 0.3) is 0 Å². The second kappa shape index (κ2) is 12.8. The fraction of sp³-hybridized carbons (Fsp3) is 0.385. The second-order valence-electron chi connectivity index (χ2n) is 8.14. The minimum Gasteiger partial charge on any atom is -0.494 e. The Morgan fingerprint density at radius 2 is 1.79 bits per heavy atom. The van der Waals surface area contributed by atoms with Crippen LogP contribution in [0, 0.1) is 0 Å². The summed E-state index contributed by atoms with van der Waals surface area (Å²) in [5.41, 5.74) is 3.06. The molecule has 34 heavy (non-hydrogen) atoms. The molecule has 0 amide bonds. The van der Waals surface area contributed by atoms with Gasteiger partial charge in [-0.15, -0.1) is 24.0 Å². The fourth-order valence-electron chi connectivity index (χ4n) is 4.15. The molecule has 1 saturated heterocycles. The number of hydrogen-bond donors (Lipinski definition) is 2. The standard InChI is InChI=1S/C26H32N4O3.HI/c1-3-32-23-11-9-21(10-12-23)26(13-15-31-16-14-26)19-29-25(27-2)28-17-22-18-33-24(30-22)20-7-5-4-6-8-20;/h4-12,18H,3,13-17,19H2,1-2H3,(H2,27,28,29);1H. The zero-order chi connectivity index (χ0) is 22.9. The second-order valence-corrected chi connectivity index (χ2v) is 8.14. The van der Waals surface area contributed by atoms with E-state index in [-0.39, 0.29) is 29.4 Å². The van der Waals surface area contributed by atoms with Gasteiger partial charge >= 0.3 is 0 Å². The molecule has 0 radical (unpaired) electrons. The van der Waals surface area contributed by atoms with Crippen molar-refractivity contribution in [3.05, 3.63) is 72.1 Å². The molecule has 1 aromatic heterocycles. The van der Waals surface area contributed by atoms with Crippen LogP contribution in [0.3, 0.4) is 0 Å². The van der Waals surface area contributed by atoms with Crippen LogP contribution in [-0.4, -0.2) is 44.4 Å². The molecule has 1 fully saturated rings. The predicted molar refractivity (Wildman–Crippen MR) is 145 cm³/mol. The summed E-state index contributed by atoms with van der Waals surface area (Å²) in [6.07, 6.45) is 3.59. The van der Waals surface area contributed by atoms with Crippen molar-refractivity contribution in [2.75, 3.05) is 33.4 Å². The fourth-order valence-corrected chi connectivity index (χ4v) is 4.15. The van der Waals surface area contributed by atoms with Gasteiger partial charge in [-0.3, -0.25) is 4.99 Å². The molecule has 0 saturated carbocycles. The Bertz CT molecular complexity index is 1030. The topological polar surface area (TPSA) is 80.9 Å². The number of oxazole rings is 1. The molecular formula is C26H33IN4O3. The minimum absolute atomic E-state index is 0. The first-order chi connectivity index (χ1) is 16.2. The Balaban J connectivity index is 0.00000324. The third-order valence-electron chi connectivity index (χ3n) is 6.05. The Labute approximate surface area is 218 Å². The Kier molecular flexibility index (Phi) is 9.76. The van der Waals surface area contributed by atoms with E-state index >= 15 is 0 Å². The van der Waals surface area contributed by atoms with Crippen molar-refractivity contribution in [1.29, 1.82) is 0 Å². The third-order valence-corrected chi connectivity index (χ3v) is 6.05. The number of benzene rings is 2. The maximum atomic E-state index is 5.67. The van der Waals surface area contributed by atoms with Crippen LogP contribution in [-0.2, 0) is 16.7 Å². The van der Waals surface area contributed by atoms with Crippen LogP contribution in [0.2, 0.25) is 0 Å². The van der Waals surface area contributed by atoms with Crippen molar-refractivity contribution in [2.24, 2.45) is 4.99 Å². The van der Waals surface area contributed by atoms with E-state index in [4.69, 9.17) is 13.9 Å². The number of hydrogen-bond acceptors (Lipinski definition) is 5. The normalized spacial score (nSPS) is 15.3. The van der Waals surface area contributed by atoms with E-state index in [0.717, 1.165) is 55.6 Å². The smallest absolute Gasteiger partial charge is 0.226 e. The first kappa shape index (κ1) is 26.0. The third kappa shape index (κ3) is 6.50. The number of ether oxygens (including phenoxy) is 2. The van der Waals surface area contributed by atoms with Crippen LogP contribution in [0.5, 0.6) is 5.75 Å². The molecule has 2 N–H and O–H groups in total. The van der Waals surface area contributed by atoms with Gasteiger partial charge in [-0.25, -0.2) is 4.98 Å². The number of rotatable bonds is 8. The molecule has 0 unspecified atom stereocenters. The van der Waals surface area contributed by atoms with Gasteiger partial charge in [-0.05, 0) is 49.6 Å². The number of aromatic nitrogens is 1. The highest BCUT2D eigenvalue weighted by Gasteiger charge is 2.34. The van der Waals surface area contributed by atoms with Gasteiger partial charge in [0.05, 0.1) is 18.8 Å². The first-order valence-electron chi connectivity index (χ1n) is 11.5. The molecule has 182 valence electrons. The molecule has 0 atom stereocenters. The van der Waals surface area contributed by atoms with Gasteiger partial charge in [0, 0.05) is 37.8 Å². The van der Waals surface area contributed by atoms with Crippen LogP contribution in [0.1, 0.15) is 31.0 Å². The maximum Gasteiger partial charge on any atom is 0.226 e. The summed E-state index contributed by atoms with van der Waals surface area (Å²) in [4.78, 5) is 8.98. The van der Waals surface area contributed by atoms with Gasteiger partial charge in [0.1, 0.15) is 12.0 Å². The summed E-state index contributed by atoms with van der Waals surface area (Å²) >= 11 is 0. The van der Waals surface area contributed by atoms with Gasteiger partial charge in [-0.1, -0.05) is 30.3 Å². The predicted octanol–water partition coefficient (Wildman–Crippen LogP) is 4.77. The average Bonchev–Trinajstić information content (AvgIpc) is 3.35. The van der Waals surface area contributed by atoms with Crippen molar-refractivity contribution < 1.29 is 13.9 Å². The molecule has 8 heteroatoms. The van der Waals surface area contributed by atoms with E-state index < -0.39 is 0 Å². The lowest BCUT2D eigenvalue weighted by molar-refractivity contribution is 0.0513. The number of halogens is 1. The van der Waals surface area contributed by atoms with Crippen LogP contribution in [0.15, 0.2) is 70.3 Å². The maximum absolute atomic E-state index is 5.67. The van der Waals surface area contributed by atoms with Crippen molar-refractivity contribution in [3.8, 4) is 17.2 Å². The molecule has 1 aliphatic rings. The minimum atomic E-state index is -0.0189. The van der Waals surface area contributed by atoms with Crippen LogP contribution in [0.25, 0.3) is 11.5 Å². The Morgan fingerprint density at radius 1 is 1.06 bits per heavy atom. The summed E-state index contributed by atoms with van der Waals surface area (Å²) in [6.45, 7) is 5.45. The first-order valence-corrected chi connectivity index (χ1v) is 11.5. The monoisotopic (exact) mass is 576 g/mol. The summed E-state index contributed by atoms with van der Waals surface area (Å²) in [7, 11) is 1.78. The van der Waals surface area contributed by atoms with E-state index in [1.54, 1.807) is 13.3 Å². The molecular weight excluding hydrogens is 543 g/mol. The summed E-state index contributed by atoms with van der Waals surface area (Å²) in [6, 6.07) is 18.3. The Hall–Kier alpha value is -2.59. The van der Waals surface area contributed by atoms with E-state index in [0.29, 0.717) is 19.0 Å². The van der Waals surface area contributed by atoms with Gasteiger partial charge < -0.3 is 24.5 Å². The SMILES string of the molecule is CCOc1ccc(C2(CNC(=NC)NCc3coc(-c4ccccc4)n3)CCOCC2)cc1.I. The zero-order valence-corrected chi connectivity index (χ0v) is 22.1. The molecule has 0 spiro atoms. The molecule has 7 nitrogen and oxygen atoms in total. The van der Waals surface area contributed by atoms with E-state index in [9.17, 15) is 0 Å². The van der Waals surface area contributed by atoms with Crippen LogP contribution >= 0.6 is 24.0 Å². The van der Waals surface area contributed by atoms with Gasteiger partial charge in [0.15, 0.2) is 5.96 Å². The highest BCUT2D eigenvalue weighted by atomic mass is 127. The summed E-state index contributed by atoms with van der Waals surface area (Å²) in [5.74, 6) is 2.25. The quantitative estimate of drug-likeness (QED) is 0.229.